The van der Waals surface area contributed by atoms with Crippen LogP contribution in [0.25, 0.3) is 11.0 Å². The summed E-state index contributed by atoms with van der Waals surface area (Å²) >= 11 is 0. The molecule has 2 amide bonds. The molecule has 0 aliphatic carbocycles. The first-order valence-corrected chi connectivity index (χ1v) is 8.27. The lowest BCUT2D eigenvalue weighted by Crippen LogP contribution is -2.49. The zero-order valence-electron chi connectivity index (χ0n) is 14.7. The van der Waals surface area contributed by atoms with Crippen molar-refractivity contribution in [1.82, 2.24) is 10.2 Å². The van der Waals surface area contributed by atoms with Gasteiger partial charge in [-0.1, -0.05) is 6.07 Å². The van der Waals surface area contributed by atoms with Gasteiger partial charge in [-0.05, 0) is 44.5 Å². The summed E-state index contributed by atoms with van der Waals surface area (Å²) in [5, 5.41) is 4.21. The van der Waals surface area contributed by atoms with Crippen LogP contribution in [0.2, 0.25) is 0 Å². The Bertz CT molecular complexity index is 806. The van der Waals surface area contributed by atoms with Crippen molar-refractivity contribution < 1.29 is 18.7 Å². The van der Waals surface area contributed by atoms with E-state index in [1.165, 1.54) is 0 Å². The minimum atomic E-state index is -0.593. The van der Waals surface area contributed by atoms with Gasteiger partial charge in [0.1, 0.15) is 11.2 Å². The highest BCUT2D eigenvalue weighted by Crippen LogP contribution is 2.25. The molecule has 7 nitrogen and oxygen atoms in total. The molecule has 1 aromatic carbocycles. The third-order valence-corrected chi connectivity index (χ3v) is 4.01. The highest BCUT2D eigenvalue weighted by atomic mass is 16.6. The maximum atomic E-state index is 12.3. The first-order valence-electron chi connectivity index (χ1n) is 8.27. The van der Waals surface area contributed by atoms with E-state index in [-0.39, 0.29) is 17.9 Å². The van der Waals surface area contributed by atoms with Gasteiger partial charge in [0, 0.05) is 25.0 Å². The number of furan rings is 1. The maximum Gasteiger partial charge on any atom is 0.410 e. The van der Waals surface area contributed by atoms with Gasteiger partial charge in [-0.2, -0.15) is 0 Å². The van der Waals surface area contributed by atoms with E-state index in [1.54, 1.807) is 11.0 Å². The zero-order chi connectivity index (χ0) is 18.2. The summed E-state index contributed by atoms with van der Waals surface area (Å²) in [4.78, 5) is 25.2. The van der Waals surface area contributed by atoms with Crippen molar-refractivity contribution in [2.75, 3.05) is 19.6 Å². The molecule has 1 fully saturated rings. The second-order valence-corrected chi connectivity index (χ2v) is 7.21. The lowest BCUT2D eigenvalue weighted by Gasteiger charge is -2.35. The van der Waals surface area contributed by atoms with Gasteiger partial charge in [0.05, 0.1) is 6.04 Å². The minimum absolute atomic E-state index is 0.0161. The first-order chi connectivity index (χ1) is 11.7. The number of hydrogen-bond donors (Lipinski definition) is 2. The van der Waals surface area contributed by atoms with Crippen LogP contribution in [0, 0.1) is 0 Å². The van der Waals surface area contributed by atoms with E-state index in [2.05, 4.69) is 5.32 Å². The fourth-order valence-corrected chi connectivity index (χ4v) is 2.87. The second-order valence-electron chi connectivity index (χ2n) is 7.21. The van der Waals surface area contributed by atoms with E-state index in [4.69, 9.17) is 14.9 Å². The normalized spacial score (nSPS) is 18.4. The number of rotatable bonds is 2. The predicted molar refractivity (Wildman–Crippen MR) is 93.3 cm³/mol. The van der Waals surface area contributed by atoms with Gasteiger partial charge in [0.15, 0.2) is 5.76 Å². The summed E-state index contributed by atoms with van der Waals surface area (Å²) in [6, 6.07) is 7.30. The number of fused-ring (bicyclic) bond motifs is 1. The Kier molecular flexibility index (Phi) is 4.43. The Labute approximate surface area is 146 Å². The van der Waals surface area contributed by atoms with Crippen LogP contribution in [0.1, 0.15) is 42.9 Å². The van der Waals surface area contributed by atoms with Crippen LogP contribution < -0.4 is 11.1 Å². The molecule has 0 bridgehead atoms. The number of nitrogens with zero attached hydrogens (tertiary/aromatic N) is 1. The Balaban J connectivity index is 1.78. The molecular weight excluding hydrogens is 322 g/mol. The van der Waals surface area contributed by atoms with Gasteiger partial charge in [-0.25, -0.2) is 4.79 Å². The van der Waals surface area contributed by atoms with Crippen LogP contribution in [0.4, 0.5) is 4.79 Å². The Morgan fingerprint density at radius 2 is 2.08 bits per heavy atom. The zero-order valence-corrected chi connectivity index (χ0v) is 14.7. The first kappa shape index (κ1) is 17.3. The summed E-state index contributed by atoms with van der Waals surface area (Å²) in [6.07, 6.45) is -0.306. The number of nitrogens with one attached hydrogen (secondary N) is 1. The second kappa shape index (κ2) is 6.40. The fraction of sp³-hybridized carbons (Fsp3) is 0.444. The number of benzene rings is 1. The molecule has 7 heteroatoms. The lowest BCUT2D eigenvalue weighted by atomic mass is 10.0. The Morgan fingerprint density at radius 1 is 1.32 bits per heavy atom. The van der Waals surface area contributed by atoms with Crippen molar-refractivity contribution in [2.24, 2.45) is 5.73 Å². The van der Waals surface area contributed by atoms with E-state index in [9.17, 15) is 9.59 Å². The van der Waals surface area contributed by atoms with E-state index < -0.39 is 11.5 Å². The standard InChI is InChI=1S/C18H23N3O4/c1-18(2,3)25-17(23)21-7-6-20-13(10-21)11-4-5-14-12(8-11)9-15(24-14)16(19)22/h4-5,8-9,13,20H,6-7,10H2,1-3H3,(H2,19,22). The Hall–Kier alpha value is -2.54. The van der Waals surface area contributed by atoms with E-state index in [0.29, 0.717) is 25.2 Å². The fourth-order valence-electron chi connectivity index (χ4n) is 2.87. The molecule has 1 atom stereocenters. The maximum absolute atomic E-state index is 12.3. The number of carbonyl (C=O) groups is 2. The molecule has 1 aliphatic heterocycles. The van der Waals surface area contributed by atoms with Gasteiger partial charge in [-0.15, -0.1) is 0 Å². The molecule has 1 aromatic heterocycles. The molecule has 25 heavy (non-hydrogen) atoms. The summed E-state index contributed by atoms with van der Waals surface area (Å²) in [5.74, 6) is -0.455. The molecule has 1 unspecified atom stereocenters. The van der Waals surface area contributed by atoms with Crippen molar-refractivity contribution in [3.63, 3.8) is 0 Å². The molecule has 0 radical (unpaired) electrons. The van der Waals surface area contributed by atoms with E-state index >= 15 is 0 Å². The van der Waals surface area contributed by atoms with Crippen molar-refractivity contribution in [1.29, 1.82) is 0 Å². The summed E-state index contributed by atoms with van der Waals surface area (Å²) in [5.41, 5.74) is 6.36. The van der Waals surface area contributed by atoms with Crippen LogP contribution in [0.15, 0.2) is 28.7 Å². The average molecular weight is 345 g/mol. The third-order valence-electron chi connectivity index (χ3n) is 4.01. The molecule has 134 valence electrons. The highest BCUT2D eigenvalue weighted by molar-refractivity contribution is 5.95. The molecule has 3 rings (SSSR count). The largest absolute Gasteiger partial charge is 0.451 e. The van der Waals surface area contributed by atoms with E-state index in [0.717, 1.165) is 10.9 Å². The van der Waals surface area contributed by atoms with Crippen molar-refractivity contribution in [2.45, 2.75) is 32.4 Å². The van der Waals surface area contributed by atoms with Crippen molar-refractivity contribution in [3.8, 4) is 0 Å². The molecule has 2 aromatic rings. The smallest absolute Gasteiger partial charge is 0.410 e. The number of hydrogen-bond acceptors (Lipinski definition) is 5. The third kappa shape index (κ3) is 3.93. The van der Waals surface area contributed by atoms with Crippen LogP contribution in [-0.4, -0.2) is 42.1 Å². The lowest BCUT2D eigenvalue weighted by molar-refractivity contribution is 0.0195. The van der Waals surface area contributed by atoms with Gasteiger partial charge in [-0.3, -0.25) is 4.79 Å². The van der Waals surface area contributed by atoms with Gasteiger partial charge in [0.2, 0.25) is 0 Å². The molecular formula is C18H23N3O4. The summed E-state index contributed by atoms with van der Waals surface area (Å²) in [7, 11) is 0. The Morgan fingerprint density at radius 3 is 2.76 bits per heavy atom. The van der Waals surface area contributed by atoms with Crippen molar-refractivity contribution >= 4 is 23.0 Å². The number of carbonyl (C=O) groups excluding carboxylic acids is 2. The molecule has 1 aliphatic rings. The average Bonchev–Trinajstić information content (AvgIpc) is 2.97. The monoisotopic (exact) mass is 345 g/mol. The van der Waals surface area contributed by atoms with Gasteiger partial charge >= 0.3 is 6.09 Å². The van der Waals surface area contributed by atoms with Crippen LogP contribution in [0.3, 0.4) is 0 Å². The number of nitrogens with two attached hydrogens (primary N) is 1. The van der Waals surface area contributed by atoms with Crippen LogP contribution >= 0.6 is 0 Å². The summed E-state index contributed by atoms with van der Waals surface area (Å²) in [6.45, 7) is 7.36. The van der Waals surface area contributed by atoms with Crippen LogP contribution in [-0.2, 0) is 4.74 Å². The number of amides is 2. The molecule has 3 N–H and O–H groups in total. The van der Waals surface area contributed by atoms with Crippen LogP contribution in [0.5, 0.6) is 0 Å². The van der Waals surface area contributed by atoms with Gasteiger partial charge in [0.25, 0.3) is 5.91 Å². The topological polar surface area (TPSA) is 97.8 Å². The molecule has 0 saturated carbocycles. The molecule has 0 spiro atoms. The number of piperazine rings is 1. The van der Waals surface area contributed by atoms with E-state index in [1.807, 2.05) is 39.0 Å². The SMILES string of the molecule is CC(C)(C)OC(=O)N1CCNC(c2ccc3oc(C(N)=O)cc3c2)C1. The quantitative estimate of drug-likeness (QED) is 0.871. The van der Waals surface area contributed by atoms with Crippen molar-refractivity contribution in [3.05, 3.63) is 35.6 Å². The minimum Gasteiger partial charge on any atom is -0.451 e. The summed E-state index contributed by atoms with van der Waals surface area (Å²) < 4.78 is 10.9. The molecule has 1 saturated heterocycles. The molecule has 2 heterocycles. The highest BCUT2D eigenvalue weighted by Gasteiger charge is 2.28. The predicted octanol–water partition coefficient (Wildman–Crippen LogP) is 2.41. The number of primary amides is 1. The van der Waals surface area contributed by atoms with Gasteiger partial charge < -0.3 is 25.1 Å². The number of ether oxygens (including phenoxy) is 1.